The minimum Gasteiger partial charge on any atom is -0.493 e. The van der Waals surface area contributed by atoms with E-state index in [4.69, 9.17) is 25.6 Å². The van der Waals surface area contributed by atoms with E-state index >= 15 is 0 Å². The van der Waals surface area contributed by atoms with Crippen molar-refractivity contribution in [2.24, 2.45) is 0 Å². The third kappa shape index (κ3) is 3.63. The molecular weight excluding hydrogens is 316 g/mol. The fourth-order valence-corrected chi connectivity index (χ4v) is 2.20. The van der Waals surface area contributed by atoms with Gasteiger partial charge in [0.15, 0.2) is 11.5 Å². The molecule has 3 aromatic rings. The Bertz CT molecular complexity index is 775. The van der Waals surface area contributed by atoms with E-state index in [1.54, 1.807) is 7.11 Å². The molecule has 0 amide bonds. The summed E-state index contributed by atoms with van der Waals surface area (Å²) in [5.74, 6) is 2.29. The first kappa shape index (κ1) is 15.4. The van der Waals surface area contributed by atoms with Gasteiger partial charge in [0, 0.05) is 5.56 Å². The monoisotopic (exact) mass is 330 g/mol. The summed E-state index contributed by atoms with van der Waals surface area (Å²) >= 11 is 5.67. The highest BCUT2D eigenvalue weighted by Gasteiger charge is 2.12. The van der Waals surface area contributed by atoms with Crippen LogP contribution in [0.3, 0.4) is 0 Å². The van der Waals surface area contributed by atoms with Gasteiger partial charge in [-0.05, 0) is 23.8 Å². The third-order valence-electron chi connectivity index (χ3n) is 3.24. The number of aromatic nitrogens is 2. The number of alkyl halides is 1. The molecule has 118 valence electrons. The van der Waals surface area contributed by atoms with Crippen LogP contribution in [0, 0.1) is 0 Å². The lowest BCUT2D eigenvalue weighted by molar-refractivity contribution is 0.284. The van der Waals surface area contributed by atoms with Gasteiger partial charge >= 0.3 is 0 Å². The van der Waals surface area contributed by atoms with Crippen LogP contribution in [-0.2, 0) is 12.5 Å². The van der Waals surface area contributed by atoms with Crippen LogP contribution in [0.5, 0.6) is 11.5 Å². The molecule has 0 aliphatic heterocycles. The Morgan fingerprint density at radius 2 is 1.91 bits per heavy atom. The Hall–Kier alpha value is -2.53. The highest BCUT2D eigenvalue weighted by atomic mass is 35.5. The summed E-state index contributed by atoms with van der Waals surface area (Å²) in [7, 11) is 1.59. The summed E-state index contributed by atoms with van der Waals surface area (Å²) in [6.45, 7) is 0.467. The van der Waals surface area contributed by atoms with Crippen LogP contribution in [-0.4, -0.2) is 17.3 Å². The van der Waals surface area contributed by atoms with Gasteiger partial charge in [-0.15, -0.1) is 11.6 Å². The second-order valence-corrected chi connectivity index (χ2v) is 5.05. The van der Waals surface area contributed by atoms with Crippen LogP contribution in [0.2, 0.25) is 0 Å². The van der Waals surface area contributed by atoms with Gasteiger partial charge in [-0.2, -0.15) is 4.98 Å². The summed E-state index contributed by atoms with van der Waals surface area (Å²) in [6.07, 6.45) is 0. The van der Waals surface area contributed by atoms with Gasteiger partial charge in [0.1, 0.15) is 12.5 Å². The zero-order valence-corrected chi connectivity index (χ0v) is 13.3. The molecule has 0 spiro atoms. The van der Waals surface area contributed by atoms with E-state index in [1.165, 1.54) is 0 Å². The zero-order chi connectivity index (χ0) is 16.1. The van der Waals surface area contributed by atoms with Crippen molar-refractivity contribution in [1.29, 1.82) is 0 Å². The topological polar surface area (TPSA) is 57.4 Å². The van der Waals surface area contributed by atoms with Gasteiger partial charge in [-0.3, -0.25) is 0 Å². The second kappa shape index (κ2) is 7.15. The third-order valence-corrected chi connectivity index (χ3v) is 3.47. The maximum absolute atomic E-state index is 5.82. The highest BCUT2D eigenvalue weighted by Crippen LogP contribution is 2.32. The predicted octanol–water partition coefficient (Wildman–Crippen LogP) is 4.06. The van der Waals surface area contributed by atoms with Gasteiger partial charge in [0.25, 0.3) is 0 Å². The number of ether oxygens (including phenoxy) is 2. The van der Waals surface area contributed by atoms with Crippen LogP contribution < -0.4 is 9.47 Å². The van der Waals surface area contributed by atoms with Crippen molar-refractivity contribution in [2.75, 3.05) is 7.11 Å². The molecule has 6 heteroatoms. The van der Waals surface area contributed by atoms with Crippen molar-refractivity contribution in [1.82, 2.24) is 10.1 Å². The number of rotatable bonds is 6. The number of hydrogen-bond acceptors (Lipinski definition) is 5. The summed E-state index contributed by atoms with van der Waals surface area (Å²) in [6, 6.07) is 15.4. The lowest BCUT2D eigenvalue weighted by atomic mass is 10.2. The summed E-state index contributed by atoms with van der Waals surface area (Å²) in [4.78, 5) is 4.19. The predicted molar refractivity (Wildman–Crippen MR) is 86.6 cm³/mol. The Morgan fingerprint density at radius 3 is 2.61 bits per heavy atom. The normalized spacial score (nSPS) is 10.5. The number of halogens is 1. The minimum absolute atomic E-state index is 0.183. The van der Waals surface area contributed by atoms with E-state index in [0.717, 1.165) is 11.1 Å². The molecule has 0 N–H and O–H groups in total. The van der Waals surface area contributed by atoms with Crippen LogP contribution in [0.1, 0.15) is 11.5 Å². The first-order valence-corrected chi connectivity index (χ1v) is 7.57. The van der Waals surface area contributed by atoms with Gasteiger partial charge in [-0.25, -0.2) is 0 Å². The number of benzene rings is 2. The number of hydrogen-bond donors (Lipinski definition) is 0. The van der Waals surface area contributed by atoms with Gasteiger partial charge in [-0.1, -0.05) is 35.5 Å². The molecule has 3 rings (SSSR count). The molecule has 23 heavy (non-hydrogen) atoms. The fraction of sp³-hybridized carbons (Fsp3) is 0.176. The highest BCUT2D eigenvalue weighted by molar-refractivity contribution is 6.16. The minimum atomic E-state index is 0.183. The Morgan fingerprint density at radius 1 is 1.09 bits per heavy atom. The van der Waals surface area contributed by atoms with E-state index < -0.39 is 0 Å². The summed E-state index contributed by atoms with van der Waals surface area (Å²) < 4.78 is 16.2. The van der Waals surface area contributed by atoms with Crippen molar-refractivity contribution in [3.63, 3.8) is 0 Å². The number of nitrogens with zero attached hydrogens (tertiary/aromatic N) is 2. The first-order valence-electron chi connectivity index (χ1n) is 7.04. The van der Waals surface area contributed by atoms with Gasteiger partial charge in [0.2, 0.25) is 11.7 Å². The molecule has 0 bridgehead atoms. The average molecular weight is 331 g/mol. The van der Waals surface area contributed by atoms with Crippen LogP contribution in [0.4, 0.5) is 0 Å². The van der Waals surface area contributed by atoms with Gasteiger partial charge in [0.05, 0.1) is 7.11 Å². The van der Waals surface area contributed by atoms with E-state index in [1.807, 2.05) is 48.5 Å². The SMILES string of the molecule is COc1cc(-c2noc(CCl)n2)ccc1OCc1ccccc1. The molecule has 0 saturated carbocycles. The summed E-state index contributed by atoms with van der Waals surface area (Å²) in [5.41, 5.74) is 1.86. The molecule has 0 atom stereocenters. The van der Waals surface area contributed by atoms with Gasteiger partial charge < -0.3 is 14.0 Å². The van der Waals surface area contributed by atoms with Crippen LogP contribution in [0.15, 0.2) is 53.1 Å². The molecule has 1 aromatic heterocycles. The molecular formula is C17H15ClN2O3. The van der Waals surface area contributed by atoms with Crippen molar-refractivity contribution >= 4 is 11.6 Å². The largest absolute Gasteiger partial charge is 0.493 e. The molecule has 0 aliphatic carbocycles. The van der Waals surface area contributed by atoms with Crippen molar-refractivity contribution in [3.05, 3.63) is 60.0 Å². The van der Waals surface area contributed by atoms with Crippen LogP contribution in [0.25, 0.3) is 11.4 Å². The maximum atomic E-state index is 5.82. The Kier molecular flexibility index (Phi) is 4.78. The second-order valence-electron chi connectivity index (χ2n) is 4.79. The molecule has 0 fully saturated rings. The summed E-state index contributed by atoms with van der Waals surface area (Å²) in [5, 5.41) is 3.89. The van der Waals surface area contributed by atoms with Crippen LogP contribution >= 0.6 is 11.6 Å². The maximum Gasteiger partial charge on any atom is 0.241 e. The number of methoxy groups -OCH3 is 1. The molecule has 0 saturated heterocycles. The van der Waals surface area contributed by atoms with Crippen molar-refractivity contribution < 1.29 is 14.0 Å². The fourth-order valence-electron chi connectivity index (χ4n) is 2.09. The molecule has 0 unspecified atom stereocenters. The van der Waals surface area contributed by atoms with E-state index in [9.17, 15) is 0 Å². The molecule has 2 aromatic carbocycles. The van der Waals surface area contributed by atoms with Crippen molar-refractivity contribution in [2.45, 2.75) is 12.5 Å². The smallest absolute Gasteiger partial charge is 0.241 e. The van der Waals surface area contributed by atoms with E-state index in [2.05, 4.69) is 10.1 Å². The standard InChI is InChI=1S/C17H15ClN2O3/c1-21-15-9-13(17-19-16(10-18)23-20-17)7-8-14(15)22-11-12-5-3-2-4-6-12/h2-9H,10-11H2,1H3. The lowest BCUT2D eigenvalue weighted by Gasteiger charge is -2.11. The zero-order valence-electron chi connectivity index (χ0n) is 12.5. The van der Waals surface area contributed by atoms with Crippen molar-refractivity contribution in [3.8, 4) is 22.9 Å². The molecule has 5 nitrogen and oxygen atoms in total. The quantitative estimate of drug-likeness (QED) is 0.638. The van der Waals surface area contributed by atoms with E-state index in [0.29, 0.717) is 29.8 Å². The molecule has 1 heterocycles. The molecule has 0 aliphatic rings. The lowest BCUT2D eigenvalue weighted by Crippen LogP contribution is -1.98. The van der Waals surface area contributed by atoms with E-state index in [-0.39, 0.29) is 5.88 Å². The molecule has 0 radical (unpaired) electrons. The average Bonchev–Trinajstić information content (AvgIpc) is 3.10. The Balaban J connectivity index is 1.79. The Labute approximate surface area is 138 Å². The first-order chi connectivity index (χ1) is 11.3.